The van der Waals surface area contributed by atoms with Crippen molar-refractivity contribution in [2.75, 3.05) is 13.1 Å². The maximum Gasteiger partial charge on any atom is 0.227 e. The third kappa shape index (κ3) is 2.47. The van der Waals surface area contributed by atoms with E-state index in [0.29, 0.717) is 6.54 Å². The molecule has 0 aliphatic heterocycles. The summed E-state index contributed by atoms with van der Waals surface area (Å²) in [7, 11) is 0. The largest absolute Gasteiger partial charge is 0.356 e. The average molecular weight is 198 g/mol. The van der Waals surface area contributed by atoms with Crippen LogP contribution < -0.4 is 11.1 Å². The normalized spacial score (nSPS) is 20.4. The first kappa shape index (κ1) is 11.5. The molecular formula is C11H22N2O. The number of hydrogen-bond acceptors (Lipinski definition) is 2. The van der Waals surface area contributed by atoms with E-state index >= 15 is 0 Å². The average Bonchev–Trinajstić information content (AvgIpc) is 2.26. The zero-order valence-corrected chi connectivity index (χ0v) is 9.14. The van der Waals surface area contributed by atoms with E-state index in [2.05, 4.69) is 12.2 Å². The topological polar surface area (TPSA) is 55.1 Å². The molecule has 1 saturated carbocycles. The molecule has 3 heteroatoms. The van der Waals surface area contributed by atoms with Gasteiger partial charge in [0.05, 0.1) is 5.41 Å². The van der Waals surface area contributed by atoms with Crippen LogP contribution in [0.4, 0.5) is 0 Å². The highest BCUT2D eigenvalue weighted by molar-refractivity contribution is 5.82. The van der Waals surface area contributed by atoms with E-state index in [4.69, 9.17) is 5.73 Å². The van der Waals surface area contributed by atoms with Gasteiger partial charge in [-0.1, -0.05) is 26.2 Å². The Labute approximate surface area is 86.4 Å². The fraction of sp³-hybridized carbons (Fsp3) is 0.909. The van der Waals surface area contributed by atoms with Crippen molar-refractivity contribution >= 4 is 5.91 Å². The molecule has 0 heterocycles. The lowest BCUT2D eigenvalue weighted by molar-refractivity contribution is -0.132. The third-order valence-corrected chi connectivity index (χ3v) is 3.22. The van der Waals surface area contributed by atoms with Crippen LogP contribution in [-0.2, 0) is 4.79 Å². The highest BCUT2D eigenvalue weighted by atomic mass is 16.2. The summed E-state index contributed by atoms with van der Waals surface area (Å²) >= 11 is 0. The molecule has 0 aromatic carbocycles. The van der Waals surface area contributed by atoms with Gasteiger partial charge in [0.15, 0.2) is 0 Å². The molecule has 3 N–H and O–H groups in total. The molecule has 0 atom stereocenters. The number of rotatable bonds is 4. The second kappa shape index (κ2) is 5.35. The summed E-state index contributed by atoms with van der Waals surface area (Å²) in [6.45, 7) is 3.35. The van der Waals surface area contributed by atoms with Gasteiger partial charge in [-0.3, -0.25) is 4.79 Å². The SMILES string of the molecule is CCCNC(=O)C1(CN)CCCCC1. The Hall–Kier alpha value is -0.570. The highest BCUT2D eigenvalue weighted by Crippen LogP contribution is 2.35. The van der Waals surface area contributed by atoms with E-state index in [1.54, 1.807) is 0 Å². The summed E-state index contributed by atoms with van der Waals surface area (Å²) in [6.07, 6.45) is 6.49. The van der Waals surface area contributed by atoms with Crippen molar-refractivity contribution in [3.05, 3.63) is 0 Å². The van der Waals surface area contributed by atoms with E-state index in [9.17, 15) is 4.79 Å². The summed E-state index contributed by atoms with van der Waals surface area (Å²) in [6, 6.07) is 0. The molecule has 1 rings (SSSR count). The van der Waals surface area contributed by atoms with E-state index in [1.807, 2.05) is 0 Å². The van der Waals surface area contributed by atoms with Gasteiger partial charge in [0.1, 0.15) is 0 Å². The molecule has 1 amide bonds. The van der Waals surface area contributed by atoms with Gasteiger partial charge >= 0.3 is 0 Å². The molecule has 0 spiro atoms. The van der Waals surface area contributed by atoms with Crippen molar-refractivity contribution in [1.82, 2.24) is 5.32 Å². The van der Waals surface area contributed by atoms with Crippen molar-refractivity contribution in [3.63, 3.8) is 0 Å². The minimum atomic E-state index is -0.243. The van der Waals surface area contributed by atoms with Crippen molar-refractivity contribution in [3.8, 4) is 0 Å². The second-order valence-corrected chi connectivity index (χ2v) is 4.30. The molecule has 0 aromatic rings. The molecule has 0 radical (unpaired) electrons. The quantitative estimate of drug-likeness (QED) is 0.718. The number of amides is 1. The number of nitrogens with two attached hydrogens (primary N) is 1. The molecular weight excluding hydrogens is 176 g/mol. The first-order chi connectivity index (χ1) is 6.75. The van der Waals surface area contributed by atoms with Crippen LogP contribution in [0.5, 0.6) is 0 Å². The van der Waals surface area contributed by atoms with Gasteiger partial charge in [-0.2, -0.15) is 0 Å². The molecule has 82 valence electrons. The first-order valence-electron chi connectivity index (χ1n) is 5.73. The third-order valence-electron chi connectivity index (χ3n) is 3.22. The zero-order valence-electron chi connectivity index (χ0n) is 9.14. The molecule has 1 aliphatic carbocycles. The molecule has 3 nitrogen and oxygen atoms in total. The summed E-state index contributed by atoms with van der Waals surface area (Å²) < 4.78 is 0. The van der Waals surface area contributed by atoms with Crippen LogP contribution in [0.1, 0.15) is 45.4 Å². The van der Waals surface area contributed by atoms with E-state index in [1.165, 1.54) is 6.42 Å². The predicted octanol–water partition coefficient (Wildman–Crippen LogP) is 1.42. The van der Waals surface area contributed by atoms with Gasteiger partial charge in [0.2, 0.25) is 5.91 Å². The van der Waals surface area contributed by atoms with Gasteiger partial charge in [0, 0.05) is 13.1 Å². The molecule has 0 saturated heterocycles. The first-order valence-corrected chi connectivity index (χ1v) is 5.73. The minimum absolute atomic E-state index is 0.182. The molecule has 0 bridgehead atoms. The van der Waals surface area contributed by atoms with E-state index in [0.717, 1.165) is 38.6 Å². The Balaban J connectivity index is 2.53. The maximum absolute atomic E-state index is 11.9. The fourth-order valence-electron chi connectivity index (χ4n) is 2.18. The van der Waals surface area contributed by atoms with Gasteiger partial charge in [-0.15, -0.1) is 0 Å². The molecule has 14 heavy (non-hydrogen) atoms. The summed E-state index contributed by atoms with van der Waals surface area (Å²) in [5.41, 5.74) is 5.51. The standard InChI is InChI=1S/C11H22N2O/c1-2-8-13-10(14)11(9-12)6-4-3-5-7-11/h2-9,12H2,1H3,(H,13,14). The van der Waals surface area contributed by atoms with Crippen molar-refractivity contribution < 1.29 is 4.79 Å². The van der Waals surface area contributed by atoms with Gasteiger partial charge < -0.3 is 11.1 Å². The van der Waals surface area contributed by atoms with E-state index in [-0.39, 0.29) is 11.3 Å². The van der Waals surface area contributed by atoms with Crippen molar-refractivity contribution in [1.29, 1.82) is 0 Å². The molecule has 0 unspecified atom stereocenters. The maximum atomic E-state index is 11.9. The van der Waals surface area contributed by atoms with Crippen molar-refractivity contribution in [2.24, 2.45) is 11.1 Å². The Morgan fingerprint density at radius 3 is 2.50 bits per heavy atom. The number of nitrogens with one attached hydrogen (secondary N) is 1. The number of carbonyl (C=O) groups is 1. The molecule has 1 aliphatic rings. The highest BCUT2D eigenvalue weighted by Gasteiger charge is 2.37. The smallest absolute Gasteiger partial charge is 0.227 e. The summed E-state index contributed by atoms with van der Waals surface area (Å²) in [4.78, 5) is 11.9. The Morgan fingerprint density at radius 1 is 1.36 bits per heavy atom. The van der Waals surface area contributed by atoms with Crippen LogP contribution in [0.2, 0.25) is 0 Å². The lowest BCUT2D eigenvalue weighted by Crippen LogP contribution is -2.47. The zero-order chi connectivity index (χ0) is 10.4. The summed E-state index contributed by atoms with van der Waals surface area (Å²) in [5.74, 6) is 0.182. The lowest BCUT2D eigenvalue weighted by Gasteiger charge is -2.34. The molecule has 1 fully saturated rings. The van der Waals surface area contributed by atoms with Gasteiger partial charge in [-0.25, -0.2) is 0 Å². The lowest BCUT2D eigenvalue weighted by atomic mass is 9.73. The number of carbonyl (C=O) groups excluding carboxylic acids is 1. The van der Waals surface area contributed by atoms with Crippen LogP contribution in [0.3, 0.4) is 0 Å². The van der Waals surface area contributed by atoms with Gasteiger partial charge in [-0.05, 0) is 19.3 Å². The Kier molecular flexibility index (Phi) is 4.39. The Morgan fingerprint density at radius 2 is 2.00 bits per heavy atom. The minimum Gasteiger partial charge on any atom is -0.356 e. The summed E-state index contributed by atoms with van der Waals surface area (Å²) in [5, 5.41) is 2.97. The van der Waals surface area contributed by atoms with Crippen LogP contribution in [0.25, 0.3) is 0 Å². The monoisotopic (exact) mass is 198 g/mol. The van der Waals surface area contributed by atoms with Crippen LogP contribution in [-0.4, -0.2) is 19.0 Å². The second-order valence-electron chi connectivity index (χ2n) is 4.30. The van der Waals surface area contributed by atoms with Gasteiger partial charge in [0.25, 0.3) is 0 Å². The molecule has 0 aromatic heterocycles. The van der Waals surface area contributed by atoms with Crippen LogP contribution in [0, 0.1) is 5.41 Å². The fourth-order valence-corrected chi connectivity index (χ4v) is 2.18. The number of hydrogen-bond donors (Lipinski definition) is 2. The van der Waals surface area contributed by atoms with Crippen molar-refractivity contribution in [2.45, 2.75) is 45.4 Å². The van der Waals surface area contributed by atoms with Crippen LogP contribution in [0.15, 0.2) is 0 Å². The van der Waals surface area contributed by atoms with Crippen LogP contribution >= 0.6 is 0 Å². The van der Waals surface area contributed by atoms with E-state index < -0.39 is 0 Å². The Bertz CT molecular complexity index is 186. The predicted molar refractivity (Wildman–Crippen MR) is 57.9 cm³/mol.